The second kappa shape index (κ2) is 3.42. The van der Waals surface area contributed by atoms with E-state index in [0.29, 0.717) is 5.41 Å². The van der Waals surface area contributed by atoms with Gasteiger partial charge in [-0.05, 0) is 19.8 Å². The maximum absolute atomic E-state index is 5.85. The quantitative estimate of drug-likeness (QED) is 0.787. The van der Waals surface area contributed by atoms with Crippen LogP contribution >= 0.6 is 23.1 Å². The molecule has 0 radical (unpaired) electrons. The minimum absolute atomic E-state index is 0.348. The minimum atomic E-state index is 0.348. The SMILES string of the molecule is Cc1nsc(NCC2(CCl)CC2)n1. The Morgan fingerprint density at radius 1 is 1.62 bits per heavy atom. The zero-order chi connectivity index (χ0) is 9.31. The zero-order valence-electron chi connectivity index (χ0n) is 7.51. The van der Waals surface area contributed by atoms with Crippen molar-refractivity contribution in [2.24, 2.45) is 5.41 Å². The molecule has 1 heterocycles. The van der Waals surface area contributed by atoms with Crippen LogP contribution in [0.5, 0.6) is 0 Å². The second-order valence-corrected chi connectivity index (χ2v) is 4.65. The molecular weight excluding hydrogens is 206 g/mol. The Morgan fingerprint density at radius 2 is 2.38 bits per heavy atom. The first-order valence-electron chi connectivity index (χ1n) is 4.34. The molecule has 0 aromatic carbocycles. The molecule has 72 valence electrons. The number of rotatable bonds is 4. The molecule has 3 nitrogen and oxygen atoms in total. The summed E-state index contributed by atoms with van der Waals surface area (Å²) >= 11 is 7.27. The summed E-state index contributed by atoms with van der Waals surface area (Å²) in [6.45, 7) is 2.83. The third-order valence-electron chi connectivity index (χ3n) is 2.38. The summed E-state index contributed by atoms with van der Waals surface area (Å²) in [5, 5.41) is 4.19. The highest BCUT2D eigenvalue weighted by molar-refractivity contribution is 7.09. The van der Waals surface area contributed by atoms with Gasteiger partial charge in [0.25, 0.3) is 0 Å². The Morgan fingerprint density at radius 3 is 2.85 bits per heavy atom. The van der Waals surface area contributed by atoms with Gasteiger partial charge in [-0.25, -0.2) is 4.98 Å². The molecule has 0 bridgehead atoms. The lowest BCUT2D eigenvalue weighted by Crippen LogP contribution is -2.16. The van der Waals surface area contributed by atoms with Crippen LogP contribution in [0.4, 0.5) is 5.13 Å². The summed E-state index contributed by atoms with van der Waals surface area (Å²) < 4.78 is 4.10. The van der Waals surface area contributed by atoms with Crippen molar-refractivity contribution in [3.63, 3.8) is 0 Å². The Hall–Kier alpha value is -0.350. The van der Waals surface area contributed by atoms with Crippen LogP contribution in [0.25, 0.3) is 0 Å². The molecule has 1 aromatic rings. The lowest BCUT2D eigenvalue weighted by Gasteiger charge is -2.10. The van der Waals surface area contributed by atoms with Crippen LogP contribution in [-0.2, 0) is 0 Å². The van der Waals surface area contributed by atoms with E-state index < -0.39 is 0 Å². The van der Waals surface area contributed by atoms with Gasteiger partial charge in [0.15, 0.2) is 0 Å². The van der Waals surface area contributed by atoms with Gasteiger partial charge in [-0.1, -0.05) is 0 Å². The summed E-state index contributed by atoms with van der Waals surface area (Å²) in [5.74, 6) is 1.58. The number of nitrogens with one attached hydrogen (secondary N) is 1. The molecule has 1 aliphatic rings. The smallest absolute Gasteiger partial charge is 0.202 e. The fraction of sp³-hybridized carbons (Fsp3) is 0.750. The summed E-state index contributed by atoms with van der Waals surface area (Å²) in [6, 6.07) is 0. The lowest BCUT2D eigenvalue weighted by molar-refractivity contribution is 0.618. The van der Waals surface area contributed by atoms with Crippen molar-refractivity contribution < 1.29 is 0 Å². The van der Waals surface area contributed by atoms with Crippen molar-refractivity contribution in [2.75, 3.05) is 17.7 Å². The van der Waals surface area contributed by atoms with Gasteiger partial charge < -0.3 is 5.32 Å². The van der Waals surface area contributed by atoms with Gasteiger partial charge in [-0.2, -0.15) is 4.37 Å². The number of alkyl halides is 1. The zero-order valence-corrected chi connectivity index (χ0v) is 9.08. The number of anilines is 1. The Kier molecular flexibility index (Phi) is 2.43. The fourth-order valence-electron chi connectivity index (χ4n) is 1.17. The molecule has 0 spiro atoms. The number of hydrogen-bond donors (Lipinski definition) is 1. The first-order chi connectivity index (χ1) is 6.24. The molecule has 0 atom stereocenters. The highest BCUT2D eigenvalue weighted by Crippen LogP contribution is 2.46. The number of aryl methyl sites for hydroxylation is 1. The molecule has 5 heteroatoms. The highest BCUT2D eigenvalue weighted by atomic mass is 35.5. The highest BCUT2D eigenvalue weighted by Gasteiger charge is 2.41. The molecule has 1 fully saturated rings. The summed E-state index contributed by atoms with van der Waals surface area (Å²) in [5.41, 5.74) is 0.348. The van der Waals surface area contributed by atoms with Gasteiger partial charge >= 0.3 is 0 Å². The molecule has 2 rings (SSSR count). The third-order valence-corrected chi connectivity index (χ3v) is 3.71. The van der Waals surface area contributed by atoms with Gasteiger partial charge in [0.1, 0.15) is 5.82 Å². The predicted molar refractivity (Wildman–Crippen MR) is 55.5 cm³/mol. The molecule has 0 aliphatic heterocycles. The van der Waals surface area contributed by atoms with E-state index in [1.54, 1.807) is 0 Å². The number of halogens is 1. The van der Waals surface area contributed by atoms with E-state index in [4.69, 9.17) is 11.6 Å². The Bertz CT molecular complexity index is 295. The van der Waals surface area contributed by atoms with Crippen molar-refractivity contribution in [3.05, 3.63) is 5.82 Å². The Balaban J connectivity index is 1.86. The van der Waals surface area contributed by atoms with Crippen molar-refractivity contribution >= 4 is 28.3 Å². The molecule has 1 aliphatic carbocycles. The fourth-order valence-corrected chi connectivity index (χ4v) is 2.10. The van der Waals surface area contributed by atoms with E-state index in [1.165, 1.54) is 24.4 Å². The molecule has 0 amide bonds. The van der Waals surface area contributed by atoms with Crippen molar-refractivity contribution in [2.45, 2.75) is 19.8 Å². The van der Waals surface area contributed by atoms with Crippen LogP contribution < -0.4 is 5.32 Å². The lowest BCUT2D eigenvalue weighted by atomic mass is 10.1. The van der Waals surface area contributed by atoms with Crippen molar-refractivity contribution in [1.29, 1.82) is 0 Å². The molecule has 0 unspecified atom stereocenters. The topological polar surface area (TPSA) is 37.8 Å². The van der Waals surface area contributed by atoms with Crippen LogP contribution in [0.3, 0.4) is 0 Å². The second-order valence-electron chi connectivity index (χ2n) is 3.63. The first kappa shape index (κ1) is 9.21. The average Bonchev–Trinajstić information content (AvgIpc) is 2.81. The van der Waals surface area contributed by atoms with Gasteiger partial charge in [0.05, 0.1) is 0 Å². The maximum atomic E-state index is 5.85. The molecule has 0 saturated heterocycles. The third kappa shape index (κ3) is 2.11. The van der Waals surface area contributed by atoms with Gasteiger partial charge in [0, 0.05) is 29.4 Å². The van der Waals surface area contributed by atoms with E-state index in [0.717, 1.165) is 23.4 Å². The molecular formula is C8H12ClN3S. The number of hydrogen-bond acceptors (Lipinski definition) is 4. The number of aromatic nitrogens is 2. The predicted octanol–water partition coefficient (Wildman–Crippen LogP) is 2.28. The largest absolute Gasteiger partial charge is 0.360 e. The van der Waals surface area contributed by atoms with Crippen LogP contribution in [-0.4, -0.2) is 21.8 Å². The monoisotopic (exact) mass is 217 g/mol. The van der Waals surface area contributed by atoms with E-state index in [9.17, 15) is 0 Å². The van der Waals surface area contributed by atoms with Gasteiger partial charge in [0.2, 0.25) is 5.13 Å². The number of nitrogens with zero attached hydrogens (tertiary/aromatic N) is 2. The van der Waals surface area contributed by atoms with E-state index >= 15 is 0 Å². The first-order valence-corrected chi connectivity index (χ1v) is 5.65. The summed E-state index contributed by atoms with van der Waals surface area (Å²) in [7, 11) is 0. The van der Waals surface area contributed by atoms with E-state index in [1.807, 2.05) is 6.92 Å². The van der Waals surface area contributed by atoms with Crippen molar-refractivity contribution in [1.82, 2.24) is 9.36 Å². The van der Waals surface area contributed by atoms with Gasteiger partial charge in [-0.15, -0.1) is 11.6 Å². The van der Waals surface area contributed by atoms with Crippen molar-refractivity contribution in [3.8, 4) is 0 Å². The Labute approximate surface area is 86.7 Å². The normalized spacial score (nSPS) is 18.6. The minimum Gasteiger partial charge on any atom is -0.360 e. The maximum Gasteiger partial charge on any atom is 0.202 e. The van der Waals surface area contributed by atoms with Crippen LogP contribution in [0, 0.1) is 12.3 Å². The molecule has 1 saturated carbocycles. The summed E-state index contributed by atoms with van der Waals surface area (Å²) in [4.78, 5) is 4.23. The van der Waals surface area contributed by atoms with Crippen LogP contribution in [0.1, 0.15) is 18.7 Å². The van der Waals surface area contributed by atoms with E-state index in [2.05, 4.69) is 14.7 Å². The molecule has 13 heavy (non-hydrogen) atoms. The molecule has 1 aromatic heterocycles. The molecule has 1 N–H and O–H groups in total. The van der Waals surface area contributed by atoms with Crippen LogP contribution in [0.2, 0.25) is 0 Å². The summed E-state index contributed by atoms with van der Waals surface area (Å²) in [6.07, 6.45) is 2.47. The standard InChI is InChI=1S/C8H12ClN3S/c1-6-11-7(13-12-6)10-5-8(4-9)2-3-8/h2-5H2,1H3,(H,10,11,12). The van der Waals surface area contributed by atoms with E-state index in [-0.39, 0.29) is 0 Å². The van der Waals surface area contributed by atoms with Gasteiger partial charge in [-0.3, -0.25) is 0 Å². The van der Waals surface area contributed by atoms with Crippen LogP contribution in [0.15, 0.2) is 0 Å². The average molecular weight is 218 g/mol.